The lowest BCUT2D eigenvalue weighted by Crippen LogP contribution is -2.49. The van der Waals surface area contributed by atoms with Gasteiger partial charge in [-0.2, -0.15) is 4.31 Å². The molecule has 1 aliphatic rings. The number of aromatic nitrogens is 1. The number of thiazole rings is 1. The molecule has 0 radical (unpaired) electrons. The van der Waals surface area contributed by atoms with Crippen LogP contribution in [0.3, 0.4) is 0 Å². The quantitative estimate of drug-likeness (QED) is 0.323. The molecule has 1 aromatic heterocycles. The van der Waals surface area contributed by atoms with Crippen molar-refractivity contribution in [1.29, 1.82) is 0 Å². The summed E-state index contributed by atoms with van der Waals surface area (Å²) in [6.45, 7) is 3.62. The molecule has 0 bridgehead atoms. The van der Waals surface area contributed by atoms with Crippen LogP contribution in [-0.4, -0.2) is 50.5 Å². The molecule has 0 atom stereocenters. The van der Waals surface area contributed by atoms with Crippen molar-refractivity contribution >= 4 is 58.4 Å². The monoisotopic (exact) mass is 635 g/mol. The smallest absolute Gasteiger partial charge is 0.247 e. The van der Waals surface area contributed by atoms with E-state index >= 15 is 0 Å². The predicted molar refractivity (Wildman–Crippen MR) is 135 cm³/mol. The summed E-state index contributed by atoms with van der Waals surface area (Å²) in [4.78, 5) is 6.02. The fraction of sp³-hybridized carbons (Fsp3) is 0.318. The molecule has 0 aliphatic carbocycles. The molecule has 1 fully saturated rings. The molecule has 0 saturated carbocycles. The lowest BCUT2D eigenvalue weighted by atomic mass is 10.1. The van der Waals surface area contributed by atoms with Gasteiger partial charge in [0.05, 0.1) is 21.2 Å². The van der Waals surface area contributed by atoms with Crippen molar-refractivity contribution in [3.05, 3.63) is 67.5 Å². The summed E-state index contributed by atoms with van der Waals surface area (Å²) in [5.41, 5.74) is 2.04. The second-order valence-electron chi connectivity index (χ2n) is 7.56. The zero-order valence-electron chi connectivity index (χ0n) is 18.1. The van der Waals surface area contributed by atoms with Crippen LogP contribution in [0, 0.1) is 11.6 Å². The van der Waals surface area contributed by atoms with Crippen LogP contribution >= 0.6 is 43.2 Å². The second kappa shape index (κ2) is 10.6. The van der Waals surface area contributed by atoms with Crippen molar-refractivity contribution in [3.8, 4) is 5.75 Å². The molecule has 0 unspecified atom stereocenters. The van der Waals surface area contributed by atoms with Gasteiger partial charge >= 0.3 is 0 Å². The van der Waals surface area contributed by atoms with E-state index in [0.717, 1.165) is 28.2 Å². The highest BCUT2D eigenvalue weighted by Gasteiger charge is 2.35. The molecule has 0 N–H and O–H groups in total. The van der Waals surface area contributed by atoms with Crippen molar-refractivity contribution in [3.63, 3.8) is 0 Å². The number of rotatable bonds is 7. The molecular formula is C22H21Br2F2N3O3S2. The Balaban J connectivity index is 1.42. The van der Waals surface area contributed by atoms with Crippen LogP contribution in [-0.2, 0) is 16.4 Å². The van der Waals surface area contributed by atoms with E-state index in [1.54, 1.807) is 0 Å². The molecule has 2 heterocycles. The van der Waals surface area contributed by atoms with Crippen LogP contribution < -0.4 is 9.64 Å². The van der Waals surface area contributed by atoms with Gasteiger partial charge in [0.1, 0.15) is 16.5 Å². The van der Waals surface area contributed by atoms with Crippen molar-refractivity contribution in [2.24, 2.45) is 0 Å². The summed E-state index contributed by atoms with van der Waals surface area (Å²) >= 11 is 7.27. The van der Waals surface area contributed by atoms with Crippen LogP contribution in [0.4, 0.5) is 13.9 Å². The van der Waals surface area contributed by atoms with Gasteiger partial charge in [-0.05, 0) is 62.5 Å². The van der Waals surface area contributed by atoms with Crippen LogP contribution in [0.15, 0.2) is 49.6 Å². The number of hydrogen-bond donors (Lipinski definition) is 0. The number of hydrogen-bond acceptors (Lipinski definition) is 6. The molecule has 182 valence electrons. The third-order valence-corrected chi connectivity index (χ3v) is 9.85. The van der Waals surface area contributed by atoms with E-state index in [2.05, 4.69) is 31.9 Å². The largest absolute Gasteiger partial charge is 0.494 e. The van der Waals surface area contributed by atoms with Gasteiger partial charge in [0.25, 0.3) is 0 Å². The molecule has 4 rings (SSSR count). The number of anilines is 1. The maximum Gasteiger partial charge on any atom is 0.247 e. The molecule has 1 saturated heterocycles. The molecule has 1 aliphatic heterocycles. The highest BCUT2D eigenvalue weighted by Crippen LogP contribution is 2.35. The fourth-order valence-electron chi connectivity index (χ4n) is 3.63. The third kappa shape index (κ3) is 5.30. The zero-order valence-corrected chi connectivity index (χ0v) is 22.9. The first-order chi connectivity index (χ1) is 16.2. The summed E-state index contributed by atoms with van der Waals surface area (Å²) in [5.74, 6) is -1.04. The normalized spacial score (nSPS) is 15.0. The maximum atomic E-state index is 14.6. The van der Waals surface area contributed by atoms with E-state index in [9.17, 15) is 17.2 Å². The van der Waals surface area contributed by atoms with Gasteiger partial charge in [-0.25, -0.2) is 22.2 Å². The van der Waals surface area contributed by atoms with Crippen LogP contribution in [0.1, 0.15) is 18.2 Å². The summed E-state index contributed by atoms with van der Waals surface area (Å²) in [6, 6.07) is 8.78. The fourth-order valence-corrected chi connectivity index (χ4v) is 7.50. The number of nitrogens with zero attached hydrogens (tertiary/aromatic N) is 3. The molecule has 3 aromatic rings. The molecule has 12 heteroatoms. The minimum absolute atomic E-state index is 0.135. The van der Waals surface area contributed by atoms with E-state index in [1.165, 1.54) is 15.6 Å². The van der Waals surface area contributed by atoms with Gasteiger partial charge in [0, 0.05) is 38.0 Å². The maximum absolute atomic E-state index is 14.6. The van der Waals surface area contributed by atoms with E-state index in [1.807, 2.05) is 41.5 Å². The highest BCUT2D eigenvalue weighted by molar-refractivity contribution is 9.11. The average Bonchev–Trinajstić information content (AvgIpc) is 3.28. The van der Waals surface area contributed by atoms with Crippen molar-refractivity contribution < 1.29 is 21.9 Å². The molecule has 34 heavy (non-hydrogen) atoms. The van der Waals surface area contributed by atoms with Crippen LogP contribution in [0.2, 0.25) is 0 Å². The Bertz CT molecular complexity index is 1250. The number of sulfonamides is 1. The van der Waals surface area contributed by atoms with E-state index in [4.69, 9.17) is 9.72 Å². The van der Waals surface area contributed by atoms with E-state index in [-0.39, 0.29) is 17.6 Å². The Hall–Kier alpha value is -1.60. The minimum Gasteiger partial charge on any atom is -0.494 e. The Morgan fingerprint density at radius 1 is 1.12 bits per heavy atom. The van der Waals surface area contributed by atoms with Crippen molar-refractivity contribution in [2.75, 3.05) is 37.7 Å². The van der Waals surface area contributed by atoms with Crippen molar-refractivity contribution in [2.45, 2.75) is 18.2 Å². The molecule has 2 aromatic carbocycles. The van der Waals surface area contributed by atoms with E-state index in [0.29, 0.717) is 26.1 Å². The number of halogens is 4. The number of ether oxygens (including phenoxy) is 1. The molecule has 0 amide bonds. The van der Waals surface area contributed by atoms with Crippen LogP contribution in [0.5, 0.6) is 5.75 Å². The molecular weight excluding hydrogens is 616 g/mol. The summed E-state index contributed by atoms with van der Waals surface area (Å²) in [5, 5.41) is 2.80. The predicted octanol–water partition coefficient (Wildman–Crippen LogP) is 5.45. The van der Waals surface area contributed by atoms with Gasteiger partial charge in [-0.1, -0.05) is 12.1 Å². The van der Waals surface area contributed by atoms with Gasteiger partial charge < -0.3 is 9.64 Å². The van der Waals surface area contributed by atoms with Gasteiger partial charge in [0.2, 0.25) is 10.0 Å². The first kappa shape index (κ1) is 25.5. The minimum atomic E-state index is -4.23. The van der Waals surface area contributed by atoms with Crippen LogP contribution in [0.25, 0.3) is 0 Å². The summed E-state index contributed by atoms with van der Waals surface area (Å²) < 4.78 is 60.8. The van der Waals surface area contributed by atoms with Crippen molar-refractivity contribution in [1.82, 2.24) is 9.29 Å². The van der Waals surface area contributed by atoms with E-state index < -0.39 is 31.0 Å². The van der Waals surface area contributed by atoms with Gasteiger partial charge in [-0.3, -0.25) is 0 Å². The Morgan fingerprint density at radius 2 is 1.79 bits per heavy atom. The SMILES string of the molecule is CCOc1ccc(Cc2csc(N3CCN(S(=O)(=O)c4c(F)c(Br)cc(F)c4Br)CC3)n2)cc1. The molecule has 6 nitrogen and oxygen atoms in total. The first-order valence-corrected chi connectivity index (χ1v) is 14.4. The number of piperazine rings is 1. The first-order valence-electron chi connectivity index (χ1n) is 10.4. The number of benzene rings is 2. The standard InChI is InChI=1S/C22H21Br2F2N3O3S2/c1-2-32-16-5-3-14(4-6-16)11-15-13-33-22(27-15)28-7-9-29(10-8-28)34(30,31)21-19(24)18(25)12-17(23)20(21)26/h3-6,12-13H,2,7-11H2,1H3. The topological polar surface area (TPSA) is 62.7 Å². The Kier molecular flexibility index (Phi) is 7.92. The Labute approximate surface area is 217 Å². The lowest BCUT2D eigenvalue weighted by Gasteiger charge is -2.34. The highest BCUT2D eigenvalue weighted by atomic mass is 79.9. The zero-order chi connectivity index (χ0) is 24.5. The van der Waals surface area contributed by atoms with Gasteiger partial charge in [0.15, 0.2) is 10.9 Å². The Morgan fingerprint density at radius 3 is 2.44 bits per heavy atom. The lowest BCUT2D eigenvalue weighted by molar-refractivity contribution is 0.340. The average molecular weight is 637 g/mol. The molecule has 0 spiro atoms. The summed E-state index contributed by atoms with van der Waals surface area (Å²) in [7, 11) is -4.23. The second-order valence-corrected chi connectivity index (χ2v) is 11.9. The van der Waals surface area contributed by atoms with Gasteiger partial charge in [-0.15, -0.1) is 11.3 Å². The third-order valence-electron chi connectivity index (χ3n) is 5.34. The summed E-state index contributed by atoms with van der Waals surface area (Å²) in [6.07, 6.45) is 0.680.